The summed E-state index contributed by atoms with van der Waals surface area (Å²) >= 11 is 0. The Morgan fingerprint density at radius 3 is 2.95 bits per heavy atom. The lowest BCUT2D eigenvalue weighted by atomic mass is 10.1. The molecule has 1 saturated heterocycles. The third kappa shape index (κ3) is 5.33. The summed E-state index contributed by atoms with van der Waals surface area (Å²) in [7, 11) is 0. The standard InChI is InChI=1S/C18H29NO2/c1-14(2)19-13-16-8-4-7-15(3)18(16)21-12-6-10-17-9-5-11-20-17/h4,7-8,14,17,19H,5-6,9-13H2,1-3H3. The van der Waals surface area contributed by atoms with Crippen LogP contribution in [0.2, 0.25) is 0 Å². The molecule has 0 spiro atoms. The average molecular weight is 291 g/mol. The molecular formula is C18H29NO2. The van der Waals surface area contributed by atoms with Crippen LogP contribution < -0.4 is 10.1 Å². The number of benzene rings is 1. The summed E-state index contributed by atoms with van der Waals surface area (Å²) in [5.74, 6) is 1.05. The molecule has 3 nitrogen and oxygen atoms in total. The largest absolute Gasteiger partial charge is 0.493 e. The lowest BCUT2D eigenvalue weighted by Gasteiger charge is -2.16. The van der Waals surface area contributed by atoms with Crippen LogP contribution in [0.15, 0.2) is 18.2 Å². The van der Waals surface area contributed by atoms with E-state index in [4.69, 9.17) is 9.47 Å². The van der Waals surface area contributed by atoms with Gasteiger partial charge in [-0.25, -0.2) is 0 Å². The highest BCUT2D eigenvalue weighted by atomic mass is 16.5. The molecule has 2 rings (SSSR count). The molecule has 21 heavy (non-hydrogen) atoms. The zero-order valence-electron chi connectivity index (χ0n) is 13.7. The smallest absolute Gasteiger partial charge is 0.126 e. The lowest BCUT2D eigenvalue weighted by molar-refractivity contribution is 0.0980. The van der Waals surface area contributed by atoms with E-state index in [1.54, 1.807) is 0 Å². The van der Waals surface area contributed by atoms with Gasteiger partial charge in [0.2, 0.25) is 0 Å². The molecule has 1 aliphatic rings. The SMILES string of the molecule is Cc1cccc(CNC(C)C)c1OCCCC1CCCO1. The molecule has 1 aliphatic heterocycles. The van der Waals surface area contributed by atoms with Gasteiger partial charge in [0.15, 0.2) is 0 Å². The van der Waals surface area contributed by atoms with Crippen molar-refractivity contribution in [3.63, 3.8) is 0 Å². The average Bonchev–Trinajstić information content (AvgIpc) is 2.96. The first kappa shape index (κ1) is 16.3. The maximum Gasteiger partial charge on any atom is 0.126 e. The molecule has 0 aliphatic carbocycles. The maximum atomic E-state index is 6.06. The van der Waals surface area contributed by atoms with Crippen molar-refractivity contribution >= 4 is 0 Å². The van der Waals surface area contributed by atoms with Crippen molar-refractivity contribution in [1.82, 2.24) is 5.32 Å². The van der Waals surface area contributed by atoms with Crippen LogP contribution in [0, 0.1) is 6.92 Å². The Morgan fingerprint density at radius 1 is 1.38 bits per heavy atom. The molecule has 1 fully saturated rings. The Hall–Kier alpha value is -1.06. The normalized spacial score (nSPS) is 18.4. The molecular weight excluding hydrogens is 262 g/mol. The predicted octanol–water partition coefficient (Wildman–Crippen LogP) is 3.83. The van der Waals surface area contributed by atoms with E-state index >= 15 is 0 Å². The summed E-state index contributed by atoms with van der Waals surface area (Å²) in [5.41, 5.74) is 2.47. The van der Waals surface area contributed by atoms with Gasteiger partial charge in [-0.2, -0.15) is 0 Å². The minimum atomic E-state index is 0.465. The second kappa shape index (κ2) is 8.40. The van der Waals surface area contributed by atoms with Gasteiger partial charge in [-0.3, -0.25) is 0 Å². The third-order valence-corrected chi connectivity index (χ3v) is 3.94. The van der Waals surface area contributed by atoms with Gasteiger partial charge in [0, 0.05) is 24.8 Å². The van der Waals surface area contributed by atoms with E-state index in [0.29, 0.717) is 12.1 Å². The van der Waals surface area contributed by atoms with Gasteiger partial charge < -0.3 is 14.8 Å². The van der Waals surface area contributed by atoms with Crippen molar-refractivity contribution in [3.05, 3.63) is 29.3 Å². The van der Waals surface area contributed by atoms with E-state index in [1.807, 2.05) is 0 Å². The Labute approximate surface area is 129 Å². The zero-order chi connectivity index (χ0) is 15.1. The van der Waals surface area contributed by atoms with E-state index < -0.39 is 0 Å². The first-order valence-electron chi connectivity index (χ1n) is 8.23. The summed E-state index contributed by atoms with van der Waals surface area (Å²) in [5, 5.41) is 3.46. The molecule has 1 atom stereocenters. The van der Waals surface area contributed by atoms with Crippen LogP contribution in [0.25, 0.3) is 0 Å². The molecule has 0 radical (unpaired) electrons. The van der Waals surface area contributed by atoms with Crippen LogP contribution in [-0.2, 0) is 11.3 Å². The first-order valence-corrected chi connectivity index (χ1v) is 8.23. The van der Waals surface area contributed by atoms with Crippen LogP contribution in [0.4, 0.5) is 0 Å². The predicted molar refractivity (Wildman–Crippen MR) is 86.9 cm³/mol. The topological polar surface area (TPSA) is 30.5 Å². The highest BCUT2D eigenvalue weighted by Gasteiger charge is 2.15. The van der Waals surface area contributed by atoms with Crippen LogP contribution in [0.5, 0.6) is 5.75 Å². The molecule has 1 aromatic rings. The maximum absolute atomic E-state index is 6.06. The van der Waals surface area contributed by atoms with Crippen LogP contribution >= 0.6 is 0 Å². The number of nitrogens with one attached hydrogen (secondary N) is 1. The molecule has 118 valence electrons. The molecule has 0 saturated carbocycles. The van der Waals surface area contributed by atoms with Gasteiger partial charge in [-0.05, 0) is 38.2 Å². The number of rotatable bonds is 8. The van der Waals surface area contributed by atoms with Crippen molar-refractivity contribution < 1.29 is 9.47 Å². The van der Waals surface area contributed by atoms with Gasteiger partial charge in [-0.1, -0.05) is 32.0 Å². The number of hydrogen-bond acceptors (Lipinski definition) is 3. The van der Waals surface area contributed by atoms with Gasteiger partial charge in [0.25, 0.3) is 0 Å². The van der Waals surface area contributed by atoms with Crippen molar-refractivity contribution in [2.24, 2.45) is 0 Å². The Bertz CT molecular complexity index is 425. The summed E-state index contributed by atoms with van der Waals surface area (Å²) in [6, 6.07) is 6.86. The molecule has 0 aromatic heterocycles. The summed E-state index contributed by atoms with van der Waals surface area (Å²) in [6.45, 7) is 9.03. The fraction of sp³-hybridized carbons (Fsp3) is 0.667. The molecule has 1 unspecified atom stereocenters. The summed E-state index contributed by atoms with van der Waals surface area (Å²) < 4.78 is 11.7. The highest BCUT2D eigenvalue weighted by molar-refractivity contribution is 5.40. The highest BCUT2D eigenvalue weighted by Crippen LogP contribution is 2.24. The fourth-order valence-corrected chi connectivity index (χ4v) is 2.73. The minimum absolute atomic E-state index is 0.465. The molecule has 1 heterocycles. The van der Waals surface area contributed by atoms with Crippen molar-refractivity contribution in [2.75, 3.05) is 13.2 Å². The Morgan fingerprint density at radius 2 is 2.24 bits per heavy atom. The molecule has 1 N–H and O–H groups in total. The number of ether oxygens (including phenoxy) is 2. The van der Waals surface area contributed by atoms with Gasteiger partial charge in [0.1, 0.15) is 5.75 Å². The van der Waals surface area contributed by atoms with Crippen molar-refractivity contribution in [3.8, 4) is 5.75 Å². The van der Waals surface area contributed by atoms with Gasteiger partial charge in [0.05, 0.1) is 12.7 Å². The molecule has 1 aromatic carbocycles. The third-order valence-electron chi connectivity index (χ3n) is 3.94. The minimum Gasteiger partial charge on any atom is -0.493 e. The van der Waals surface area contributed by atoms with Crippen LogP contribution in [0.1, 0.15) is 50.7 Å². The van der Waals surface area contributed by atoms with Crippen LogP contribution in [-0.4, -0.2) is 25.4 Å². The van der Waals surface area contributed by atoms with Crippen molar-refractivity contribution in [2.45, 2.75) is 65.1 Å². The molecule has 3 heteroatoms. The van der Waals surface area contributed by atoms with E-state index in [-0.39, 0.29) is 0 Å². The van der Waals surface area contributed by atoms with E-state index in [1.165, 1.54) is 24.0 Å². The first-order chi connectivity index (χ1) is 10.2. The number of hydrogen-bond donors (Lipinski definition) is 1. The second-order valence-electron chi connectivity index (χ2n) is 6.22. The second-order valence-corrected chi connectivity index (χ2v) is 6.22. The fourth-order valence-electron chi connectivity index (χ4n) is 2.73. The van der Waals surface area contributed by atoms with E-state index in [9.17, 15) is 0 Å². The van der Waals surface area contributed by atoms with Gasteiger partial charge in [-0.15, -0.1) is 0 Å². The van der Waals surface area contributed by atoms with Crippen molar-refractivity contribution in [1.29, 1.82) is 0 Å². The number of aryl methyl sites for hydroxylation is 1. The lowest BCUT2D eigenvalue weighted by Crippen LogP contribution is -2.22. The van der Waals surface area contributed by atoms with Gasteiger partial charge >= 0.3 is 0 Å². The molecule has 0 amide bonds. The van der Waals surface area contributed by atoms with E-state index in [0.717, 1.165) is 38.3 Å². The Balaban J connectivity index is 1.82. The van der Waals surface area contributed by atoms with Crippen LogP contribution in [0.3, 0.4) is 0 Å². The summed E-state index contributed by atoms with van der Waals surface area (Å²) in [6.07, 6.45) is 5.08. The monoisotopic (exact) mass is 291 g/mol. The number of para-hydroxylation sites is 1. The zero-order valence-corrected chi connectivity index (χ0v) is 13.7. The van der Waals surface area contributed by atoms with E-state index in [2.05, 4.69) is 44.3 Å². The summed E-state index contributed by atoms with van der Waals surface area (Å²) in [4.78, 5) is 0. The quantitative estimate of drug-likeness (QED) is 0.738. The molecule has 0 bridgehead atoms. The Kier molecular flexibility index (Phi) is 6.52.